The zero-order valence-electron chi connectivity index (χ0n) is 14.6. The van der Waals surface area contributed by atoms with E-state index in [1.165, 1.54) is 11.1 Å². The first-order valence-electron chi connectivity index (χ1n) is 8.61. The molecule has 0 radical (unpaired) electrons. The van der Waals surface area contributed by atoms with E-state index in [1.54, 1.807) is 0 Å². The first-order valence-corrected chi connectivity index (χ1v) is 8.61. The van der Waals surface area contributed by atoms with E-state index >= 15 is 0 Å². The summed E-state index contributed by atoms with van der Waals surface area (Å²) in [6.45, 7) is 3.54. The molecule has 0 amide bonds. The summed E-state index contributed by atoms with van der Waals surface area (Å²) in [6, 6.07) is 20.4. The molecule has 0 saturated heterocycles. The summed E-state index contributed by atoms with van der Waals surface area (Å²) < 4.78 is 16.4. The van der Waals surface area contributed by atoms with Crippen LogP contribution in [-0.2, 0) is 14.2 Å². The van der Waals surface area contributed by atoms with Crippen LogP contribution in [0.5, 0.6) is 0 Å². The van der Waals surface area contributed by atoms with Gasteiger partial charge in [0.15, 0.2) is 0 Å². The molecule has 2 rings (SSSR count). The fraction of sp³-hybridized carbons (Fsp3) is 0.273. The van der Waals surface area contributed by atoms with Crippen molar-refractivity contribution in [2.45, 2.75) is 0 Å². The molecule has 0 unspecified atom stereocenters. The Hall–Kier alpha value is -2.20. The maximum absolute atomic E-state index is 5.49. The van der Waals surface area contributed by atoms with Gasteiger partial charge in [-0.2, -0.15) is 0 Å². The van der Waals surface area contributed by atoms with E-state index in [4.69, 9.17) is 14.2 Å². The largest absolute Gasteiger partial charge is 0.377 e. The molecule has 2 aromatic rings. The molecule has 0 aliphatic rings. The van der Waals surface area contributed by atoms with Crippen molar-refractivity contribution >= 4 is 12.2 Å². The number of benzene rings is 2. The average molecular weight is 338 g/mol. The molecule has 3 heteroatoms. The molecule has 0 aliphatic carbocycles. The first kappa shape index (κ1) is 19.1. The van der Waals surface area contributed by atoms with Gasteiger partial charge in [-0.3, -0.25) is 0 Å². The van der Waals surface area contributed by atoms with Gasteiger partial charge in [-0.1, -0.05) is 85.0 Å². The highest BCUT2D eigenvalue weighted by Gasteiger charge is 1.90. The van der Waals surface area contributed by atoms with E-state index in [1.807, 2.05) is 48.6 Å². The SMILES string of the molecule is C(=Cc1ccccc1)COCCOCCOCC=Cc1ccccc1. The van der Waals surface area contributed by atoms with Crippen molar-refractivity contribution in [3.8, 4) is 0 Å². The van der Waals surface area contributed by atoms with E-state index in [-0.39, 0.29) is 0 Å². The van der Waals surface area contributed by atoms with Crippen molar-refractivity contribution < 1.29 is 14.2 Å². The molecule has 3 nitrogen and oxygen atoms in total. The minimum atomic E-state index is 0.586. The molecular weight excluding hydrogens is 312 g/mol. The lowest BCUT2D eigenvalue weighted by molar-refractivity contribution is 0.0253. The van der Waals surface area contributed by atoms with Crippen LogP contribution in [-0.4, -0.2) is 39.6 Å². The normalized spacial score (nSPS) is 11.5. The van der Waals surface area contributed by atoms with Gasteiger partial charge in [0.2, 0.25) is 0 Å². The third-order valence-corrected chi connectivity index (χ3v) is 3.39. The highest BCUT2D eigenvalue weighted by atomic mass is 16.5. The van der Waals surface area contributed by atoms with Crippen LogP contribution in [0.25, 0.3) is 12.2 Å². The summed E-state index contributed by atoms with van der Waals surface area (Å²) >= 11 is 0. The maximum Gasteiger partial charge on any atom is 0.0704 e. The minimum absolute atomic E-state index is 0.586. The van der Waals surface area contributed by atoms with E-state index < -0.39 is 0 Å². The number of ether oxygens (including phenoxy) is 3. The third-order valence-electron chi connectivity index (χ3n) is 3.39. The van der Waals surface area contributed by atoms with E-state index in [2.05, 4.69) is 36.4 Å². The fourth-order valence-corrected chi connectivity index (χ4v) is 2.14. The van der Waals surface area contributed by atoms with E-state index in [0.29, 0.717) is 39.6 Å². The average Bonchev–Trinajstić information content (AvgIpc) is 2.67. The summed E-state index contributed by atoms with van der Waals surface area (Å²) in [6.07, 6.45) is 8.13. The first-order chi connectivity index (χ1) is 12.4. The second kappa shape index (κ2) is 13.1. The smallest absolute Gasteiger partial charge is 0.0704 e. The number of hydrogen-bond donors (Lipinski definition) is 0. The van der Waals surface area contributed by atoms with Crippen molar-refractivity contribution in [2.75, 3.05) is 39.6 Å². The molecule has 0 N–H and O–H groups in total. The quantitative estimate of drug-likeness (QED) is 0.535. The Morgan fingerprint density at radius 3 is 1.36 bits per heavy atom. The van der Waals surface area contributed by atoms with Gasteiger partial charge in [-0.25, -0.2) is 0 Å². The van der Waals surface area contributed by atoms with Gasteiger partial charge in [-0.05, 0) is 11.1 Å². The van der Waals surface area contributed by atoms with Crippen LogP contribution in [0.15, 0.2) is 72.8 Å². The number of rotatable bonds is 12. The Morgan fingerprint density at radius 2 is 0.920 bits per heavy atom. The van der Waals surface area contributed by atoms with Crippen molar-refractivity contribution in [1.29, 1.82) is 0 Å². The van der Waals surface area contributed by atoms with Crippen LogP contribution < -0.4 is 0 Å². The molecular formula is C22H26O3. The zero-order chi connectivity index (χ0) is 17.4. The molecule has 0 saturated carbocycles. The molecule has 132 valence electrons. The lowest BCUT2D eigenvalue weighted by Crippen LogP contribution is -2.09. The fourth-order valence-electron chi connectivity index (χ4n) is 2.14. The van der Waals surface area contributed by atoms with Gasteiger partial charge in [0.05, 0.1) is 39.6 Å². The predicted molar refractivity (Wildman–Crippen MR) is 103 cm³/mol. The molecule has 0 heterocycles. The highest BCUT2D eigenvalue weighted by Crippen LogP contribution is 2.01. The van der Waals surface area contributed by atoms with Crippen LogP contribution in [0.2, 0.25) is 0 Å². The lowest BCUT2D eigenvalue weighted by atomic mass is 10.2. The molecule has 0 aliphatic heterocycles. The van der Waals surface area contributed by atoms with Crippen molar-refractivity contribution in [2.24, 2.45) is 0 Å². The standard InChI is InChI=1S/C22H26O3/c1-3-9-21(10-4-1)13-7-15-23-17-19-25-20-18-24-16-8-14-22-11-5-2-6-12-22/h1-14H,15-20H2. The van der Waals surface area contributed by atoms with Crippen LogP contribution in [0.1, 0.15) is 11.1 Å². The van der Waals surface area contributed by atoms with Gasteiger partial charge in [-0.15, -0.1) is 0 Å². The Labute approximate surface area is 150 Å². The molecule has 0 aromatic heterocycles. The molecule has 0 atom stereocenters. The van der Waals surface area contributed by atoms with Crippen LogP contribution in [0.4, 0.5) is 0 Å². The monoisotopic (exact) mass is 338 g/mol. The minimum Gasteiger partial charge on any atom is -0.377 e. The topological polar surface area (TPSA) is 27.7 Å². The van der Waals surface area contributed by atoms with Crippen molar-refractivity contribution in [1.82, 2.24) is 0 Å². The summed E-state index contributed by atoms with van der Waals surface area (Å²) in [5.74, 6) is 0. The molecule has 0 spiro atoms. The second-order valence-electron chi connectivity index (χ2n) is 5.39. The van der Waals surface area contributed by atoms with Crippen LogP contribution in [0.3, 0.4) is 0 Å². The number of hydrogen-bond acceptors (Lipinski definition) is 3. The molecule has 25 heavy (non-hydrogen) atoms. The van der Waals surface area contributed by atoms with E-state index in [9.17, 15) is 0 Å². The summed E-state index contributed by atoms with van der Waals surface area (Å²) in [7, 11) is 0. The zero-order valence-corrected chi connectivity index (χ0v) is 14.6. The van der Waals surface area contributed by atoms with Crippen LogP contribution in [0, 0.1) is 0 Å². The van der Waals surface area contributed by atoms with Gasteiger partial charge in [0.25, 0.3) is 0 Å². The van der Waals surface area contributed by atoms with E-state index in [0.717, 1.165) is 0 Å². The Morgan fingerprint density at radius 1 is 0.520 bits per heavy atom. The molecule has 2 aromatic carbocycles. The highest BCUT2D eigenvalue weighted by molar-refractivity contribution is 5.49. The second-order valence-corrected chi connectivity index (χ2v) is 5.39. The van der Waals surface area contributed by atoms with Gasteiger partial charge in [0.1, 0.15) is 0 Å². The van der Waals surface area contributed by atoms with Gasteiger partial charge >= 0.3 is 0 Å². The maximum atomic E-state index is 5.49. The Kier molecular flexibility index (Phi) is 10.0. The summed E-state index contributed by atoms with van der Waals surface area (Å²) in [5, 5.41) is 0. The van der Waals surface area contributed by atoms with Gasteiger partial charge in [0, 0.05) is 0 Å². The Balaban J connectivity index is 1.37. The summed E-state index contributed by atoms with van der Waals surface area (Å²) in [4.78, 5) is 0. The van der Waals surface area contributed by atoms with Crippen LogP contribution >= 0.6 is 0 Å². The van der Waals surface area contributed by atoms with Crippen molar-refractivity contribution in [3.63, 3.8) is 0 Å². The Bertz CT molecular complexity index is 550. The van der Waals surface area contributed by atoms with Gasteiger partial charge < -0.3 is 14.2 Å². The predicted octanol–water partition coefficient (Wildman–Crippen LogP) is 4.46. The molecule has 0 fully saturated rings. The third kappa shape index (κ3) is 9.62. The van der Waals surface area contributed by atoms with Crippen molar-refractivity contribution in [3.05, 3.63) is 83.9 Å². The molecule has 0 bridgehead atoms. The summed E-state index contributed by atoms with van der Waals surface area (Å²) in [5.41, 5.74) is 2.36. The lowest BCUT2D eigenvalue weighted by Gasteiger charge is -2.04.